The SMILES string of the molecule is Clc1ccc(CC[C@H]2CCN2)cn1. The predicted octanol–water partition coefficient (Wildman–Crippen LogP) is 2.03. The second kappa shape index (κ2) is 4.07. The minimum atomic E-state index is 0.575. The molecular formula is C10H13ClN2. The fourth-order valence-corrected chi connectivity index (χ4v) is 1.60. The highest BCUT2D eigenvalue weighted by molar-refractivity contribution is 6.29. The van der Waals surface area contributed by atoms with Gasteiger partial charge in [0.05, 0.1) is 0 Å². The molecule has 0 spiro atoms. The van der Waals surface area contributed by atoms with Crippen LogP contribution in [0.2, 0.25) is 5.15 Å². The molecule has 0 saturated carbocycles. The van der Waals surface area contributed by atoms with Gasteiger partial charge in [0.2, 0.25) is 0 Å². The van der Waals surface area contributed by atoms with Crippen LogP contribution < -0.4 is 5.32 Å². The molecule has 0 unspecified atom stereocenters. The van der Waals surface area contributed by atoms with Crippen LogP contribution in [0.1, 0.15) is 18.4 Å². The van der Waals surface area contributed by atoms with Gasteiger partial charge in [-0.2, -0.15) is 0 Å². The number of hydrogen-bond donors (Lipinski definition) is 1. The zero-order chi connectivity index (χ0) is 9.10. The minimum absolute atomic E-state index is 0.575. The average molecular weight is 197 g/mol. The van der Waals surface area contributed by atoms with Crippen LogP contribution in [0.15, 0.2) is 18.3 Å². The average Bonchev–Trinajstić information content (AvgIpc) is 2.05. The van der Waals surface area contributed by atoms with Crippen LogP contribution in [-0.2, 0) is 6.42 Å². The fraction of sp³-hybridized carbons (Fsp3) is 0.500. The summed E-state index contributed by atoms with van der Waals surface area (Å²) in [6, 6.07) is 4.63. The van der Waals surface area contributed by atoms with Gasteiger partial charge in [0, 0.05) is 12.2 Å². The smallest absolute Gasteiger partial charge is 0.129 e. The Bertz CT molecular complexity index is 267. The van der Waals surface area contributed by atoms with Crippen LogP contribution in [0.25, 0.3) is 0 Å². The van der Waals surface area contributed by atoms with Crippen LogP contribution in [0.3, 0.4) is 0 Å². The van der Waals surface area contributed by atoms with Crippen LogP contribution in [0.5, 0.6) is 0 Å². The maximum Gasteiger partial charge on any atom is 0.129 e. The number of aromatic nitrogens is 1. The quantitative estimate of drug-likeness (QED) is 0.749. The molecule has 70 valence electrons. The van der Waals surface area contributed by atoms with Crippen molar-refractivity contribution in [1.82, 2.24) is 10.3 Å². The lowest BCUT2D eigenvalue weighted by atomic mass is 9.99. The van der Waals surface area contributed by atoms with Crippen molar-refractivity contribution in [3.8, 4) is 0 Å². The lowest BCUT2D eigenvalue weighted by Gasteiger charge is -2.27. The molecule has 1 aliphatic heterocycles. The first kappa shape index (κ1) is 8.97. The number of hydrogen-bond acceptors (Lipinski definition) is 2. The Morgan fingerprint density at radius 2 is 2.38 bits per heavy atom. The van der Waals surface area contributed by atoms with Crippen molar-refractivity contribution >= 4 is 11.6 Å². The summed E-state index contributed by atoms with van der Waals surface area (Å²) >= 11 is 5.69. The second-order valence-electron chi connectivity index (χ2n) is 3.47. The lowest BCUT2D eigenvalue weighted by molar-refractivity contribution is 0.351. The molecule has 1 aromatic rings. The highest BCUT2D eigenvalue weighted by Crippen LogP contribution is 2.12. The van der Waals surface area contributed by atoms with Gasteiger partial charge in [0.25, 0.3) is 0 Å². The summed E-state index contributed by atoms with van der Waals surface area (Å²) in [5.74, 6) is 0. The van der Waals surface area contributed by atoms with Gasteiger partial charge in [0.1, 0.15) is 5.15 Å². The van der Waals surface area contributed by atoms with E-state index in [0.29, 0.717) is 5.15 Å². The molecule has 3 heteroatoms. The molecule has 1 N–H and O–H groups in total. The zero-order valence-electron chi connectivity index (χ0n) is 7.46. The van der Waals surface area contributed by atoms with Crippen LogP contribution >= 0.6 is 11.6 Å². The molecule has 0 aliphatic carbocycles. The van der Waals surface area contributed by atoms with E-state index < -0.39 is 0 Å². The summed E-state index contributed by atoms with van der Waals surface area (Å²) in [6.45, 7) is 1.18. The molecule has 0 bridgehead atoms. The third-order valence-electron chi connectivity index (χ3n) is 2.50. The standard InChI is InChI=1S/C10H13ClN2/c11-10-4-2-8(7-13-10)1-3-9-5-6-12-9/h2,4,7,9,12H,1,3,5-6H2/t9-/m0/s1. The predicted molar refractivity (Wildman–Crippen MR) is 54.0 cm³/mol. The van der Waals surface area contributed by atoms with E-state index in [1.807, 2.05) is 18.3 Å². The molecule has 0 radical (unpaired) electrons. The Kier molecular flexibility index (Phi) is 2.81. The molecule has 1 saturated heterocycles. The normalized spacial score (nSPS) is 21.2. The van der Waals surface area contributed by atoms with E-state index in [1.165, 1.54) is 24.9 Å². The Morgan fingerprint density at radius 1 is 1.54 bits per heavy atom. The molecule has 2 heterocycles. The summed E-state index contributed by atoms with van der Waals surface area (Å²) in [5.41, 5.74) is 1.28. The Morgan fingerprint density at radius 3 is 2.92 bits per heavy atom. The molecule has 13 heavy (non-hydrogen) atoms. The molecule has 1 atom stereocenters. The molecule has 1 fully saturated rings. The first-order valence-electron chi connectivity index (χ1n) is 4.68. The summed E-state index contributed by atoms with van der Waals surface area (Å²) in [6.07, 6.45) is 5.49. The van der Waals surface area contributed by atoms with Crippen LogP contribution in [0, 0.1) is 0 Å². The van der Waals surface area contributed by atoms with Crippen LogP contribution in [-0.4, -0.2) is 17.6 Å². The van der Waals surface area contributed by atoms with Crippen molar-refractivity contribution in [2.75, 3.05) is 6.54 Å². The summed E-state index contributed by atoms with van der Waals surface area (Å²) in [7, 11) is 0. The maximum atomic E-state index is 5.69. The first-order chi connectivity index (χ1) is 6.34. The third-order valence-corrected chi connectivity index (χ3v) is 2.72. The van der Waals surface area contributed by atoms with E-state index in [1.54, 1.807) is 0 Å². The van der Waals surface area contributed by atoms with Gasteiger partial charge >= 0.3 is 0 Å². The van der Waals surface area contributed by atoms with E-state index >= 15 is 0 Å². The minimum Gasteiger partial charge on any atom is -0.314 e. The van der Waals surface area contributed by atoms with Crippen molar-refractivity contribution in [3.05, 3.63) is 29.0 Å². The third kappa shape index (κ3) is 2.42. The van der Waals surface area contributed by atoms with E-state index in [2.05, 4.69) is 10.3 Å². The first-order valence-corrected chi connectivity index (χ1v) is 5.06. The molecule has 2 nitrogen and oxygen atoms in total. The van der Waals surface area contributed by atoms with Gasteiger partial charge in [-0.05, 0) is 37.4 Å². The van der Waals surface area contributed by atoms with Crippen molar-refractivity contribution < 1.29 is 0 Å². The largest absolute Gasteiger partial charge is 0.314 e. The van der Waals surface area contributed by atoms with Crippen molar-refractivity contribution in [1.29, 1.82) is 0 Å². The Balaban J connectivity index is 1.83. The molecule has 2 rings (SSSR count). The van der Waals surface area contributed by atoms with E-state index in [9.17, 15) is 0 Å². The van der Waals surface area contributed by atoms with Gasteiger partial charge in [-0.15, -0.1) is 0 Å². The number of nitrogens with zero attached hydrogens (tertiary/aromatic N) is 1. The molecule has 1 aromatic heterocycles. The number of pyridine rings is 1. The summed E-state index contributed by atoms with van der Waals surface area (Å²) < 4.78 is 0. The number of rotatable bonds is 3. The van der Waals surface area contributed by atoms with E-state index in [-0.39, 0.29) is 0 Å². The van der Waals surface area contributed by atoms with Gasteiger partial charge < -0.3 is 5.32 Å². The van der Waals surface area contributed by atoms with Crippen molar-refractivity contribution in [2.45, 2.75) is 25.3 Å². The molecule has 0 aromatic carbocycles. The highest BCUT2D eigenvalue weighted by atomic mass is 35.5. The van der Waals surface area contributed by atoms with Gasteiger partial charge in [-0.3, -0.25) is 0 Å². The molecule has 1 aliphatic rings. The maximum absolute atomic E-state index is 5.69. The number of nitrogens with one attached hydrogen (secondary N) is 1. The van der Waals surface area contributed by atoms with E-state index in [4.69, 9.17) is 11.6 Å². The number of aryl methyl sites for hydroxylation is 1. The van der Waals surface area contributed by atoms with E-state index in [0.717, 1.165) is 12.5 Å². The van der Waals surface area contributed by atoms with Crippen molar-refractivity contribution in [2.24, 2.45) is 0 Å². The second-order valence-corrected chi connectivity index (χ2v) is 3.85. The summed E-state index contributed by atoms with van der Waals surface area (Å²) in [5, 5.41) is 3.96. The Hall–Kier alpha value is -0.600. The lowest BCUT2D eigenvalue weighted by Crippen LogP contribution is -2.42. The fourth-order valence-electron chi connectivity index (χ4n) is 1.49. The highest BCUT2D eigenvalue weighted by Gasteiger charge is 2.15. The molecule has 0 amide bonds. The molecular weight excluding hydrogens is 184 g/mol. The summed E-state index contributed by atoms with van der Waals surface area (Å²) in [4.78, 5) is 4.05. The topological polar surface area (TPSA) is 24.9 Å². The van der Waals surface area contributed by atoms with Gasteiger partial charge in [-0.25, -0.2) is 4.98 Å². The van der Waals surface area contributed by atoms with Gasteiger partial charge in [0.15, 0.2) is 0 Å². The van der Waals surface area contributed by atoms with Crippen LogP contribution in [0.4, 0.5) is 0 Å². The number of halogens is 1. The monoisotopic (exact) mass is 196 g/mol. The Labute approximate surface area is 83.3 Å². The van der Waals surface area contributed by atoms with Gasteiger partial charge in [-0.1, -0.05) is 17.7 Å². The zero-order valence-corrected chi connectivity index (χ0v) is 8.22. The van der Waals surface area contributed by atoms with Crippen molar-refractivity contribution in [3.63, 3.8) is 0 Å².